The van der Waals surface area contributed by atoms with Gasteiger partial charge in [0.05, 0.1) is 11.0 Å². The quantitative estimate of drug-likeness (QED) is 0.461. The van der Waals surface area contributed by atoms with Crippen LogP contribution in [0, 0.1) is 0 Å². The molecule has 0 aliphatic carbocycles. The van der Waals surface area contributed by atoms with E-state index in [1.807, 2.05) is 0 Å². The molecule has 9 heavy (non-hydrogen) atoms. The molecule has 1 unspecified atom stereocenters. The molecule has 0 aromatic rings. The molecule has 0 N–H and O–H groups in total. The van der Waals surface area contributed by atoms with E-state index in [0.29, 0.717) is 13.1 Å². The van der Waals surface area contributed by atoms with Crippen LogP contribution in [0.2, 0.25) is 0 Å². The summed E-state index contributed by atoms with van der Waals surface area (Å²) in [4.78, 5) is 0. The van der Waals surface area contributed by atoms with Gasteiger partial charge in [0.2, 0.25) is 0 Å². The molecule has 1 fully saturated rings. The van der Waals surface area contributed by atoms with Crippen molar-refractivity contribution in [2.24, 2.45) is 0 Å². The Morgan fingerprint density at radius 1 is 1.56 bits per heavy atom. The third-order valence-corrected chi connectivity index (χ3v) is 3.66. The average Bonchev–Trinajstić information content (AvgIpc) is 1.77. The van der Waals surface area contributed by atoms with Gasteiger partial charge in [-0.1, -0.05) is 0 Å². The maximum atomic E-state index is 10.9. The Hall–Kier alpha value is -0.0900. The van der Waals surface area contributed by atoms with Crippen LogP contribution in [0.25, 0.3) is 0 Å². The molecule has 3 nitrogen and oxygen atoms in total. The van der Waals surface area contributed by atoms with Gasteiger partial charge in [0.1, 0.15) is 0 Å². The van der Waals surface area contributed by atoms with Gasteiger partial charge in [-0.15, -0.1) is 0 Å². The van der Waals surface area contributed by atoms with E-state index in [2.05, 4.69) is 5.32 Å². The first-order valence-corrected chi connectivity index (χ1v) is 4.69. The van der Waals surface area contributed by atoms with Crippen molar-refractivity contribution in [1.82, 2.24) is 5.32 Å². The highest BCUT2D eigenvalue weighted by atomic mass is 32.2. The minimum absolute atomic E-state index is 0.244. The highest BCUT2D eigenvalue weighted by Gasteiger charge is 2.24. The molecule has 53 valence electrons. The number of hydrogen-bond acceptors (Lipinski definition) is 2. The Morgan fingerprint density at radius 3 is 2.56 bits per heavy atom. The van der Waals surface area contributed by atoms with Crippen LogP contribution >= 0.6 is 0 Å². The minimum Gasteiger partial charge on any atom is -0.239 e. The van der Waals surface area contributed by atoms with Gasteiger partial charge < -0.3 is 0 Å². The van der Waals surface area contributed by atoms with Crippen molar-refractivity contribution in [2.45, 2.75) is 12.2 Å². The zero-order chi connectivity index (χ0) is 6.91. The molecule has 0 saturated carbocycles. The summed E-state index contributed by atoms with van der Waals surface area (Å²) in [5.74, 6) is 0.244. The van der Waals surface area contributed by atoms with E-state index in [0.717, 1.165) is 0 Å². The van der Waals surface area contributed by atoms with Crippen LogP contribution in [-0.4, -0.2) is 32.5 Å². The second-order valence-corrected chi connectivity index (χ2v) is 4.85. The number of nitrogens with zero attached hydrogens (tertiary/aromatic N) is 1. The molecule has 1 aliphatic heterocycles. The molecule has 0 aromatic heterocycles. The van der Waals surface area contributed by atoms with E-state index in [-0.39, 0.29) is 11.0 Å². The molecular weight excluding hydrogens is 138 g/mol. The lowest BCUT2D eigenvalue weighted by molar-refractivity contribution is 0.551. The Morgan fingerprint density at radius 2 is 2.22 bits per heavy atom. The summed E-state index contributed by atoms with van der Waals surface area (Å²) in [5.41, 5.74) is 0. The monoisotopic (exact) mass is 148 g/mol. The minimum atomic E-state index is -2.76. The van der Waals surface area contributed by atoms with E-state index in [4.69, 9.17) is 0 Å². The molecule has 0 amide bonds. The first-order chi connectivity index (χ1) is 4.13. The molecule has 1 saturated heterocycles. The fourth-order valence-corrected chi connectivity index (χ4v) is 1.90. The lowest BCUT2D eigenvalue weighted by atomic mass is 10.4. The zero-order valence-electron chi connectivity index (χ0n) is 5.37. The molecule has 1 aliphatic rings. The van der Waals surface area contributed by atoms with E-state index in [9.17, 15) is 8.42 Å². The van der Waals surface area contributed by atoms with Crippen molar-refractivity contribution < 1.29 is 8.42 Å². The summed E-state index contributed by atoms with van der Waals surface area (Å²) in [6.45, 7) is 2.69. The Bertz CT molecular complexity index is 185. The molecule has 0 bridgehead atoms. The number of rotatable bonds is 0. The average molecular weight is 148 g/mol. The lowest BCUT2D eigenvalue weighted by Crippen LogP contribution is -2.38. The van der Waals surface area contributed by atoms with Crippen LogP contribution in [0.1, 0.15) is 6.92 Å². The third kappa shape index (κ3) is 1.43. The van der Waals surface area contributed by atoms with Crippen molar-refractivity contribution in [2.75, 3.05) is 18.8 Å². The first-order valence-electron chi connectivity index (χ1n) is 2.98. The summed E-state index contributed by atoms with van der Waals surface area (Å²) >= 11 is 0. The van der Waals surface area contributed by atoms with Gasteiger partial charge in [-0.3, -0.25) is 0 Å². The smallest absolute Gasteiger partial charge is 0.155 e. The maximum absolute atomic E-state index is 10.9. The van der Waals surface area contributed by atoms with Gasteiger partial charge in [-0.2, -0.15) is 0 Å². The van der Waals surface area contributed by atoms with E-state index in [1.165, 1.54) is 0 Å². The molecule has 0 spiro atoms. The molecule has 0 aromatic carbocycles. The Balaban J connectivity index is 2.72. The van der Waals surface area contributed by atoms with Gasteiger partial charge >= 0.3 is 0 Å². The van der Waals surface area contributed by atoms with E-state index >= 15 is 0 Å². The van der Waals surface area contributed by atoms with E-state index in [1.54, 1.807) is 6.92 Å². The summed E-state index contributed by atoms with van der Waals surface area (Å²) in [7, 11) is -2.76. The van der Waals surface area contributed by atoms with Crippen molar-refractivity contribution in [3.8, 4) is 0 Å². The predicted molar refractivity (Wildman–Crippen MR) is 35.1 cm³/mol. The Kier molecular flexibility index (Phi) is 1.77. The number of hydrogen-bond donors (Lipinski definition) is 0. The maximum Gasteiger partial charge on any atom is 0.155 e. The van der Waals surface area contributed by atoms with Crippen LogP contribution in [-0.2, 0) is 9.84 Å². The van der Waals surface area contributed by atoms with Gasteiger partial charge in [0.15, 0.2) is 9.84 Å². The highest BCUT2D eigenvalue weighted by Crippen LogP contribution is 2.04. The van der Waals surface area contributed by atoms with Crippen LogP contribution < -0.4 is 5.32 Å². The summed E-state index contributed by atoms with van der Waals surface area (Å²) < 4.78 is 21.8. The lowest BCUT2D eigenvalue weighted by Gasteiger charge is -2.17. The third-order valence-electron chi connectivity index (χ3n) is 1.53. The second-order valence-electron chi connectivity index (χ2n) is 2.31. The highest BCUT2D eigenvalue weighted by molar-refractivity contribution is 7.92. The van der Waals surface area contributed by atoms with Crippen LogP contribution in [0.15, 0.2) is 0 Å². The zero-order valence-corrected chi connectivity index (χ0v) is 6.19. The SMILES string of the molecule is CC1C[N]CCS1(=O)=O. The van der Waals surface area contributed by atoms with Gasteiger partial charge in [-0.05, 0) is 6.92 Å². The first kappa shape index (κ1) is 7.02. The van der Waals surface area contributed by atoms with Crippen molar-refractivity contribution >= 4 is 9.84 Å². The second kappa shape index (κ2) is 2.27. The normalized spacial score (nSPS) is 34.1. The van der Waals surface area contributed by atoms with Crippen molar-refractivity contribution in [3.05, 3.63) is 0 Å². The molecule has 4 heteroatoms. The fourth-order valence-electron chi connectivity index (χ4n) is 0.780. The molecule has 1 radical (unpaired) electrons. The topological polar surface area (TPSA) is 48.2 Å². The van der Waals surface area contributed by atoms with Crippen LogP contribution in [0.3, 0.4) is 0 Å². The van der Waals surface area contributed by atoms with Crippen LogP contribution in [0.5, 0.6) is 0 Å². The van der Waals surface area contributed by atoms with Crippen molar-refractivity contribution in [3.63, 3.8) is 0 Å². The van der Waals surface area contributed by atoms with Gasteiger partial charge in [0.25, 0.3) is 0 Å². The standard InChI is InChI=1S/C5H10NO2S/c1-5-4-6-2-3-9(5,7)8/h5H,2-4H2,1H3. The molecule has 1 heterocycles. The van der Waals surface area contributed by atoms with Crippen LogP contribution in [0.4, 0.5) is 0 Å². The van der Waals surface area contributed by atoms with Gasteiger partial charge in [-0.25, -0.2) is 13.7 Å². The summed E-state index contributed by atoms with van der Waals surface area (Å²) in [6, 6.07) is 0. The van der Waals surface area contributed by atoms with Crippen molar-refractivity contribution in [1.29, 1.82) is 0 Å². The summed E-state index contributed by atoms with van der Waals surface area (Å²) in [5, 5.41) is 3.73. The number of sulfone groups is 1. The van der Waals surface area contributed by atoms with E-state index < -0.39 is 9.84 Å². The molecule has 1 rings (SSSR count). The fraction of sp³-hybridized carbons (Fsp3) is 1.00. The van der Waals surface area contributed by atoms with Gasteiger partial charge in [0, 0.05) is 13.1 Å². The Labute approximate surface area is 55.4 Å². The molecule has 1 atom stereocenters. The molecular formula is C5H10NO2S. The largest absolute Gasteiger partial charge is 0.239 e. The predicted octanol–water partition coefficient (Wildman–Crippen LogP) is -0.592. The summed E-state index contributed by atoms with van der Waals surface area (Å²) in [6.07, 6.45) is 0.